The molecule has 0 aromatic carbocycles. The van der Waals surface area contributed by atoms with Gasteiger partial charge in [0.1, 0.15) is 18.0 Å². The van der Waals surface area contributed by atoms with Gasteiger partial charge in [0.2, 0.25) is 0 Å². The third kappa shape index (κ3) is 7.96. The molecule has 8 nitrogen and oxygen atoms in total. The zero-order valence-electron chi connectivity index (χ0n) is 16.1. The Morgan fingerprint density at radius 1 is 1.35 bits per heavy atom. The number of hydrogen-bond acceptors (Lipinski definition) is 6. The number of nitrogens with one attached hydrogen (secondary N) is 1. The fraction of sp³-hybridized carbons (Fsp3) is 0.556. The molecular formula is C18H28N4O4. The van der Waals surface area contributed by atoms with Crippen molar-refractivity contribution in [2.75, 3.05) is 19.6 Å². The minimum Gasteiger partial charge on any atom is -0.480 e. The van der Waals surface area contributed by atoms with Gasteiger partial charge in [-0.3, -0.25) is 4.79 Å². The number of nitrogens with zero attached hydrogens (tertiary/aromatic N) is 3. The maximum atomic E-state index is 11.7. The topological polar surface area (TPSA) is 105 Å². The molecule has 1 amide bonds. The summed E-state index contributed by atoms with van der Waals surface area (Å²) >= 11 is 0. The van der Waals surface area contributed by atoms with Crippen LogP contribution in [0.4, 0.5) is 4.79 Å². The van der Waals surface area contributed by atoms with Gasteiger partial charge in [0, 0.05) is 37.1 Å². The molecule has 26 heavy (non-hydrogen) atoms. The van der Waals surface area contributed by atoms with Gasteiger partial charge in [0.15, 0.2) is 0 Å². The number of carbonyl (C=O) groups is 2. The molecule has 2 N–H and O–H groups in total. The van der Waals surface area contributed by atoms with E-state index in [0.717, 1.165) is 11.3 Å². The van der Waals surface area contributed by atoms with Crippen molar-refractivity contribution in [2.45, 2.75) is 46.6 Å². The Morgan fingerprint density at radius 2 is 2.00 bits per heavy atom. The first kappa shape index (κ1) is 21.4. The quantitative estimate of drug-likeness (QED) is 0.727. The fourth-order valence-electron chi connectivity index (χ4n) is 2.23. The predicted molar refractivity (Wildman–Crippen MR) is 97.8 cm³/mol. The number of aromatic nitrogens is 2. The molecule has 8 heteroatoms. The molecule has 0 atom stereocenters. The Hall–Kier alpha value is -2.64. The number of allylic oxidation sites excluding steroid dienone is 1. The number of carboxylic acids is 1. The Kier molecular flexibility index (Phi) is 7.55. The lowest BCUT2D eigenvalue weighted by Crippen LogP contribution is -2.39. The van der Waals surface area contributed by atoms with Crippen LogP contribution >= 0.6 is 0 Å². The van der Waals surface area contributed by atoms with Crippen molar-refractivity contribution in [1.29, 1.82) is 0 Å². The van der Waals surface area contributed by atoms with Crippen LogP contribution in [-0.2, 0) is 16.0 Å². The summed E-state index contributed by atoms with van der Waals surface area (Å²) in [7, 11) is 0. The molecule has 1 aromatic rings. The van der Waals surface area contributed by atoms with E-state index in [1.165, 1.54) is 0 Å². The van der Waals surface area contributed by atoms with Crippen molar-refractivity contribution in [1.82, 2.24) is 20.2 Å². The summed E-state index contributed by atoms with van der Waals surface area (Å²) in [4.78, 5) is 32.9. The first-order chi connectivity index (χ1) is 12.0. The minimum atomic E-state index is -0.972. The van der Waals surface area contributed by atoms with Crippen LogP contribution < -0.4 is 5.32 Å². The van der Waals surface area contributed by atoms with Crippen LogP contribution in [0.15, 0.2) is 18.5 Å². The Balaban J connectivity index is 2.66. The molecule has 144 valence electrons. The van der Waals surface area contributed by atoms with E-state index in [2.05, 4.69) is 21.9 Å². The van der Waals surface area contributed by atoms with Crippen LogP contribution in [-0.4, -0.2) is 57.3 Å². The molecule has 0 unspecified atom stereocenters. The van der Waals surface area contributed by atoms with Gasteiger partial charge in [0.25, 0.3) is 0 Å². The molecule has 0 aliphatic heterocycles. The molecule has 1 aromatic heterocycles. The summed E-state index contributed by atoms with van der Waals surface area (Å²) in [5.74, 6) is -0.291. The lowest BCUT2D eigenvalue weighted by Gasteiger charge is -2.26. The van der Waals surface area contributed by atoms with Crippen molar-refractivity contribution < 1.29 is 19.4 Å². The van der Waals surface area contributed by atoms with Gasteiger partial charge in [0.05, 0.1) is 0 Å². The Morgan fingerprint density at radius 3 is 2.54 bits per heavy atom. The van der Waals surface area contributed by atoms with Crippen LogP contribution in [0, 0.1) is 13.8 Å². The van der Waals surface area contributed by atoms with Crippen LogP contribution in [0.2, 0.25) is 0 Å². The average Bonchev–Trinajstić information content (AvgIpc) is 2.46. The second-order valence-corrected chi connectivity index (χ2v) is 7.01. The molecule has 0 saturated carbocycles. The first-order valence-corrected chi connectivity index (χ1v) is 8.38. The number of amides is 1. The smallest absolute Gasteiger partial charge is 0.407 e. The van der Waals surface area contributed by atoms with Crippen molar-refractivity contribution in [2.24, 2.45) is 0 Å². The molecule has 0 aliphatic rings. The number of ether oxygens (including phenoxy) is 1. The van der Waals surface area contributed by atoms with Crippen molar-refractivity contribution >= 4 is 12.1 Å². The van der Waals surface area contributed by atoms with E-state index in [4.69, 9.17) is 9.84 Å². The van der Waals surface area contributed by atoms with E-state index in [-0.39, 0.29) is 13.1 Å². The molecular weight excluding hydrogens is 336 g/mol. The Bertz CT molecular complexity index is 668. The number of rotatable bonds is 8. The van der Waals surface area contributed by atoms with E-state index in [0.29, 0.717) is 24.5 Å². The molecule has 0 spiro atoms. The van der Waals surface area contributed by atoms with Gasteiger partial charge in [-0.1, -0.05) is 6.58 Å². The number of alkyl carbamates (subject to hydrolysis) is 1. The van der Waals surface area contributed by atoms with E-state index in [9.17, 15) is 9.59 Å². The van der Waals surface area contributed by atoms with Gasteiger partial charge < -0.3 is 20.1 Å². The number of carbonyl (C=O) groups excluding carboxylic acids is 1. The standard InChI is InChI=1S/C18H28N4O4/c1-12(9-15-10-20-14(3)21-13(15)2)22(11-16(23)24)8-7-19-17(25)26-18(4,5)6/h10H,1,7-9,11H2,2-6H3,(H,19,25)(H,23,24). The largest absolute Gasteiger partial charge is 0.480 e. The van der Waals surface area contributed by atoms with Crippen molar-refractivity contribution in [3.63, 3.8) is 0 Å². The van der Waals surface area contributed by atoms with Gasteiger partial charge in [-0.25, -0.2) is 14.8 Å². The summed E-state index contributed by atoms with van der Waals surface area (Å²) in [5.41, 5.74) is 1.75. The molecule has 0 bridgehead atoms. The summed E-state index contributed by atoms with van der Waals surface area (Å²) in [5, 5.41) is 11.8. The van der Waals surface area contributed by atoms with Crippen LogP contribution in [0.1, 0.15) is 37.9 Å². The van der Waals surface area contributed by atoms with E-state index in [1.807, 2.05) is 13.8 Å². The summed E-state index contributed by atoms with van der Waals surface area (Å²) in [6, 6.07) is 0. The minimum absolute atomic E-state index is 0.208. The van der Waals surface area contributed by atoms with Crippen molar-refractivity contribution in [3.8, 4) is 0 Å². The molecule has 0 fully saturated rings. The highest BCUT2D eigenvalue weighted by Gasteiger charge is 2.17. The SMILES string of the molecule is C=C(Cc1cnc(C)nc1C)N(CCNC(=O)OC(C)(C)C)CC(=O)O. The second-order valence-electron chi connectivity index (χ2n) is 7.01. The summed E-state index contributed by atoms with van der Waals surface area (Å²) in [6.45, 7) is 13.3. The number of aliphatic carboxylic acids is 1. The maximum absolute atomic E-state index is 11.7. The first-order valence-electron chi connectivity index (χ1n) is 8.38. The zero-order valence-corrected chi connectivity index (χ0v) is 16.1. The van der Waals surface area contributed by atoms with Crippen LogP contribution in [0.5, 0.6) is 0 Å². The average molecular weight is 364 g/mol. The van der Waals surface area contributed by atoms with Crippen LogP contribution in [0.3, 0.4) is 0 Å². The normalized spacial score (nSPS) is 11.0. The van der Waals surface area contributed by atoms with Gasteiger partial charge in [-0.2, -0.15) is 0 Å². The number of hydrogen-bond donors (Lipinski definition) is 2. The zero-order chi connectivity index (χ0) is 19.9. The molecule has 0 aliphatic carbocycles. The third-order valence-electron chi connectivity index (χ3n) is 3.42. The predicted octanol–water partition coefficient (Wildman–Crippen LogP) is 2.06. The fourth-order valence-corrected chi connectivity index (χ4v) is 2.23. The lowest BCUT2D eigenvalue weighted by atomic mass is 10.1. The molecule has 0 saturated heterocycles. The van der Waals surface area contributed by atoms with Gasteiger partial charge >= 0.3 is 12.1 Å². The number of aryl methyl sites for hydroxylation is 2. The second kappa shape index (κ2) is 9.17. The summed E-state index contributed by atoms with van der Waals surface area (Å²) in [6.07, 6.45) is 1.62. The summed E-state index contributed by atoms with van der Waals surface area (Å²) < 4.78 is 5.16. The van der Waals surface area contributed by atoms with E-state index in [1.54, 1.807) is 31.9 Å². The highest BCUT2D eigenvalue weighted by molar-refractivity contribution is 5.69. The lowest BCUT2D eigenvalue weighted by molar-refractivity contribution is -0.137. The number of carboxylic acid groups (broad SMARTS) is 1. The third-order valence-corrected chi connectivity index (χ3v) is 3.42. The molecule has 1 heterocycles. The molecule has 1 rings (SSSR count). The van der Waals surface area contributed by atoms with E-state index < -0.39 is 17.7 Å². The van der Waals surface area contributed by atoms with Gasteiger partial charge in [-0.05, 0) is 40.2 Å². The monoisotopic (exact) mass is 364 g/mol. The van der Waals surface area contributed by atoms with Crippen molar-refractivity contribution in [3.05, 3.63) is 35.6 Å². The molecule has 0 radical (unpaired) electrons. The van der Waals surface area contributed by atoms with Gasteiger partial charge in [-0.15, -0.1) is 0 Å². The van der Waals surface area contributed by atoms with E-state index >= 15 is 0 Å². The maximum Gasteiger partial charge on any atom is 0.407 e. The highest BCUT2D eigenvalue weighted by Crippen LogP contribution is 2.13. The highest BCUT2D eigenvalue weighted by atomic mass is 16.6. The van der Waals surface area contributed by atoms with Crippen LogP contribution in [0.25, 0.3) is 0 Å². The Labute approximate surface area is 154 Å².